The number of aromatic hydroxyl groups is 3. The fraction of sp³-hybridized carbons (Fsp3) is 0.222. The first-order valence-electron chi connectivity index (χ1n) is 4.37. The maximum atomic E-state index is 10.5. The molecule has 0 bridgehead atoms. The van der Waals surface area contributed by atoms with Crippen molar-refractivity contribution in [3.63, 3.8) is 0 Å². The van der Waals surface area contributed by atoms with Crippen LogP contribution < -0.4 is 5.73 Å². The molecule has 8 nitrogen and oxygen atoms in total. The molecule has 0 aliphatic carbocycles. The van der Waals surface area contributed by atoms with Gasteiger partial charge < -0.3 is 36.4 Å². The molecule has 1 aromatic rings. The summed E-state index contributed by atoms with van der Waals surface area (Å²) in [6.07, 6.45) is 0. The molecule has 1 unspecified atom stereocenters. The second-order valence-corrected chi connectivity index (χ2v) is 3.37. The molecular formula is C9H11NO7. The molecule has 0 amide bonds. The maximum Gasteiger partial charge on any atom is 0.326 e. The smallest absolute Gasteiger partial charge is 0.326 e. The Morgan fingerprint density at radius 1 is 1.18 bits per heavy atom. The quantitative estimate of drug-likeness (QED) is 0.246. The topological polar surface area (TPSA) is 164 Å². The standard InChI is InChI=1S/C9H11NO7/c10-7(8(14)15)9(16,17)3-1-2-4(11)6(13)5(3)12/h1-2,7,11-13,16-17H,10H2,(H,14,15). The Morgan fingerprint density at radius 3 is 2.18 bits per heavy atom. The number of carboxylic acid groups (broad SMARTS) is 1. The van der Waals surface area contributed by atoms with Crippen LogP contribution in [0.2, 0.25) is 0 Å². The van der Waals surface area contributed by atoms with Crippen molar-refractivity contribution >= 4 is 5.97 Å². The van der Waals surface area contributed by atoms with Crippen LogP contribution in [-0.4, -0.2) is 42.7 Å². The fourth-order valence-electron chi connectivity index (χ4n) is 1.21. The molecule has 1 atom stereocenters. The summed E-state index contributed by atoms with van der Waals surface area (Å²) >= 11 is 0. The van der Waals surface area contributed by atoms with Crippen LogP contribution in [0.4, 0.5) is 0 Å². The van der Waals surface area contributed by atoms with Gasteiger partial charge in [0.2, 0.25) is 11.5 Å². The van der Waals surface area contributed by atoms with Crippen LogP contribution in [0.25, 0.3) is 0 Å². The number of carbonyl (C=O) groups is 1. The number of hydrogen-bond acceptors (Lipinski definition) is 7. The minimum absolute atomic E-state index is 0.703. The zero-order valence-electron chi connectivity index (χ0n) is 8.40. The van der Waals surface area contributed by atoms with Crippen molar-refractivity contribution in [3.8, 4) is 17.2 Å². The van der Waals surface area contributed by atoms with Gasteiger partial charge in [-0.15, -0.1) is 0 Å². The normalized spacial score (nSPS) is 13.4. The first kappa shape index (κ1) is 13.0. The molecule has 8 heteroatoms. The van der Waals surface area contributed by atoms with Crippen LogP contribution in [0.5, 0.6) is 17.2 Å². The summed E-state index contributed by atoms with van der Waals surface area (Å²) in [4.78, 5) is 10.5. The van der Waals surface area contributed by atoms with E-state index in [0.29, 0.717) is 0 Å². The number of rotatable bonds is 3. The molecule has 0 aliphatic rings. The Balaban J connectivity index is 3.34. The van der Waals surface area contributed by atoms with Crippen molar-refractivity contribution in [3.05, 3.63) is 17.7 Å². The summed E-state index contributed by atoms with van der Waals surface area (Å²) in [5.74, 6) is -7.59. The lowest BCUT2D eigenvalue weighted by molar-refractivity contribution is -0.197. The van der Waals surface area contributed by atoms with Gasteiger partial charge in [-0.25, -0.2) is 0 Å². The van der Waals surface area contributed by atoms with Gasteiger partial charge in [0, 0.05) is 0 Å². The second-order valence-electron chi connectivity index (χ2n) is 3.37. The first-order valence-corrected chi connectivity index (χ1v) is 4.37. The van der Waals surface area contributed by atoms with E-state index in [2.05, 4.69) is 0 Å². The Morgan fingerprint density at radius 2 is 1.71 bits per heavy atom. The number of benzene rings is 1. The number of phenolic OH excluding ortho intramolecular Hbond substituents is 3. The summed E-state index contributed by atoms with van der Waals surface area (Å²) in [7, 11) is 0. The third kappa shape index (κ3) is 2.09. The highest BCUT2D eigenvalue weighted by Gasteiger charge is 2.41. The van der Waals surface area contributed by atoms with E-state index < -0.39 is 40.6 Å². The maximum absolute atomic E-state index is 10.5. The second kappa shape index (κ2) is 4.09. The van der Waals surface area contributed by atoms with Gasteiger partial charge in [-0.1, -0.05) is 0 Å². The average molecular weight is 245 g/mol. The lowest BCUT2D eigenvalue weighted by Gasteiger charge is -2.26. The largest absolute Gasteiger partial charge is 0.504 e. The van der Waals surface area contributed by atoms with E-state index in [9.17, 15) is 20.1 Å². The van der Waals surface area contributed by atoms with E-state index in [1.54, 1.807) is 0 Å². The first-order chi connectivity index (χ1) is 7.69. The van der Waals surface area contributed by atoms with E-state index in [4.69, 9.17) is 21.1 Å². The van der Waals surface area contributed by atoms with Crippen LogP contribution >= 0.6 is 0 Å². The van der Waals surface area contributed by atoms with E-state index in [1.165, 1.54) is 0 Å². The molecule has 94 valence electrons. The van der Waals surface area contributed by atoms with Crippen molar-refractivity contribution < 1.29 is 35.4 Å². The Kier molecular flexibility index (Phi) is 3.14. The SMILES string of the molecule is NC(C(=O)O)C(O)(O)c1ccc(O)c(O)c1O. The van der Waals surface area contributed by atoms with E-state index in [1.807, 2.05) is 0 Å². The van der Waals surface area contributed by atoms with E-state index >= 15 is 0 Å². The van der Waals surface area contributed by atoms with Crippen molar-refractivity contribution in [2.24, 2.45) is 5.73 Å². The van der Waals surface area contributed by atoms with Crippen molar-refractivity contribution in [2.75, 3.05) is 0 Å². The summed E-state index contributed by atoms with van der Waals surface area (Å²) in [6.45, 7) is 0. The molecule has 1 rings (SSSR count). The highest BCUT2D eigenvalue weighted by molar-refractivity contribution is 5.75. The van der Waals surface area contributed by atoms with Crippen LogP contribution in [-0.2, 0) is 10.6 Å². The van der Waals surface area contributed by atoms with Gasteiger partial charge >= 0.3 is 5.97 Å². The third-order valence-corrected chi connectivity index (χ3v) is 2.23. The molecule has 0 saturated carbocycles. The zero-order valence-corrected chi connectivity index (χ0v) is 8.40. The van der Waals surface area contributed by atoms with Crippen LogP contribution in [0, 0.1) is 0 Å². The average Bonchev–Trinajstić information content (AvgIpc) is 2.24. The molecule has 0 spiro atoms. The number of phenols is 3. The molecule has 17 heavy (non-hydrogen) atoms. The molecule has 0 fully saturated rings. The van der Waals surface area contributed by atoms with Crippen LogP contribution in [0.15, 0.2) is 12.1 Å². The van der Waals surface area contributed by atoms with Gasteiger partial charge in [0.25, 0.3) is 0 Å². The number of aliphatic carboxylic acids is 1. The fourth-order valence-corrected chi connectivity index (χ4v) is 1.21. The van der Waals surface area contributed by atoms with Gasteiger partial charge in [0.05, 0.1) is 5.56 Å². The van der Waals surface area contributed by atoms with E-state index in [0.717, 1.165) is 12.1 Å². The van der Waals surface area contributed by atoms with Gasteiger partial charge in [0.1, 0.15) is 0 Å². The number of hydrogen-bond donors (Lipinski definition) is 7. The molecule has 0 radical (unpaired) electrons. The minimum Gasteiger partial charge on any atom is -0.504 e. The molecular weight excluding hydrogens is 234 g/mol. The summed E-state index contributed by atoms with van der Waals surface area (Å²) in [5, 5.41) is 55.1. The predicted octanol–water partition coefficient (Wildman–Crippen LogP) is -1.65. The van der Waals surface area contributed by atoms with Gasteiger partial charge in [-0.3, -0.25) is 4.79 Å². The summed E-state index contributed by atoms with van der Waals surface area (Å²) in [6, 6.07) is -0.467. The zero-order chi connectivity index (χ0) is 13.4. The molecule has 0 heterocycles. The van der Waals surface area contributed by atoms with Crippen LogP contribution in [0.1, 0.15) is 5.56 Å². The molecule has 0 aromatic heterocycles. The summed E-state index contributed by atoms with van der Waals surface area (Å²) < 4.78 is 0. The molecule has 0 aliphatic heterocycles. The number of carboxylic acids is 1. The third-order valence-electron chi connectivity index (χ3n) is 2.23. The van der Waals surface area contributed by atoms with Crippen molar-refractivity contribution in [1.29, 1.82) is 0 Å². The lowest BCUT2D eigenvalue weighted by Crippen LogP contribution is -2.50. The summed E-state index contributed by atoms with van der Waals surface area (Å²) in [5.41, 5.74) is 4.29. The van der Waals surface area contributed by atoms with Gasteiger partial charge in [-0.05, 0) is 12.1 Å². The van der Waals surface area contributed by atoms with E-state index in [-0.39, 0.29) is 0 Å². The molecule has 8 N–H and O–H groups in total. The monoisotopic (exact) mass is 245 g/mol. The highest BCUT2D eigenvalue weighted by atomic mass is 16.5. The number of aliphatic hydroxyl groups is 2. The van der Waals surface area contributed by atoms with Crippen molar-refractivity contribution in [1.82, 2.24) is 0 Å². The van der Waals surface area contributed by atoms with Gasteiger partial charge in [-0.2, -0.15) is 0 Å². The Hall–Kier alpha value is -2.03. The van der Waals surface area contributed by atoms with Crippen molar-refractivity contribution in [2.45, 2.75) is 11.8 Å². The highest BCUT2D eigenvalue weighted by Crippen LogP contribution is 2.41. The molecule has 1 aromatic carbocycles. The number of nitrogens with two attached hydrogens (primary N) is 1. The van der Waals surface area contributed by atoms with Gasteiger partial charge in [0.15, 0.2) is 17.5 Å². The Bertz CT molecular complexity index is 457. The lowest BCUT2D eigenvalue weighted by atomic mass is 9.97. The molecule has 0 saturated heterocycles. The predicted molar refractivity (Wildman–Crippen MR) is 53.2 cm³/mol. The van der Waals surface area contributed by atoms with Crippen LogP contribution in [0.3, 0.4) is 0 Å². The minimum atomic E-state index is -3.10. The Labute approximate surface area is 94.8 Å².